The fourth-order valence-corrected chi connectivity index (χ4v) is 3.19. The lowest BCUT2D eigenvalue weighted by Gasteiger charge is -2.12. The third-order valence-corrected chi connectivity index (χ3v) is 4.70. The van der Waals surface area contributed by atoms with E-state index < -0.39 is 11.9 Å². The number of amides is 2. The predicted molar refractivity (Wildman–Crippen MR) is 107 cm³/mol. The van der Waals surface area contributed by atoms with Gasteiger partial charge in [-0.3, -0.25) is 9.59 Å². The van der Waals surface area contributed by atoms with Crippen LogP contribution in [0.15, 0.2) is 72.8 Å². The zero-order chi connectivity index (χ0) is 20.2. The number of hydrogen-bond donors (Lipinski definition) is 2. The molecule has 0 aliphatic carbocycles. The normalized spacial score (nSPS) is 14.6. The van der Waals surface area contributed by atoms with Crippen LogP contribution in [0.1, 0.15) is 21.5 Å². The van der Waals surface area contributed by atoms with E-state index in [2.05, 4.69) is 10.6 Å². The SMILES string of the molecule is O=C(Nc1cccc(CNC(=O)C2Cc3ccccc3O2)c1)c1ccc(F)cc1. The van der Waals surface area contributed by atoms with Gasteiger partial charge >= 0.3 is 0 Å². The Balaban J connectivity index is 1.34. The van der Waals surface area contributed by atoms with E-state index in [9.17, 15) is 14.0 Å². The molecule has 0 bridgehead atoms. The van der Waals surface area contributed by atoms with Crippen LogP contribution in [0.2, 0.25) is 0 Å². The molecule has 0 saturated heterocycles. The minimum atomic E-state index is -0.534. The summed E-state index contributed by atoms with van der Waals surface area (Å²) in [6.45, 7) is 0.315. The second-order valence-corrected chi connectivity index (χ2v) is 6.80. The molecule has 6 heteroatoms. The minimum Gasteiger partial charge on any atom is -0.480 e. The van der Waals surface area contributed by atoms with E-state index in [1.54, 1.807) is 18.2 Å². The van der Waals surface area contributed by atoms with Crippen LogP contribution < -0.4 is 15.4 Å². The van der Waals surface area contributed by atoms with Crippen LogP contribution in [0.5, 0.6) is 5.75 Å². The topological polar surface area (TPSA) is 67.4 Å². The fraction of sp³-hybridized carbons (Fsp3) is 0.130. The van der Waals surface area contributed by atoms with Gasteiger partial charge in [-0.25, -0.2) is 4.39 Å². The first-order valence-electron chi connectivity index (χ1n) is 9.26. The third-order valence-electron chi connectivity index (χ3n) is 4.70. The van der Waals surface area contributed by atoms with Crippen molar-refractivity contribution in [2.24, 2.45) is 0 Å². The van der Waals surface area contributed by atoms with E-state index in [4.69, 9.17) is 4.74 Å². The Labute approximate surface area is 167 Å². The van der Waals surface area contributed by atoms with Crippen molar-refractivity contribution in [2.75, 3.05) is 5.32 Å². The molecule has 0 radical (unpaired) electrons. The summed E-state index contributed by atoms with van der Waals surface area (Å²) in [5, 5.41) is 5.65. The molecule has 0 saturated carbocycles. The summed E-state index contributed by atoms with van der Waals surface area (Å²) in [4.78, 5) is 24.7. The first-order valence-corrected chi connectivity index (χ1v) is 9.26. The zero-order valence-corrected chi connectivity index (χ0v) is 15.5. The van der Waals surface area contributed by atoms with Gasteiger partial charge in [0, 0.05) is 24.2 Å². The van der Waals surface area contributed by atoms with E-state index in [1.165, 1.54) is 24.3 Å². The molecule has 1 heterocycles. The smallest absolute Gasteiger partial charge is 0.261 e. The molecule has 1 unspecified atom stereocenters. The Morgan fingerprint density at radius 2 is 1.79 bits per heavy atom. The lowest BCUT2D eigenvalue weighted by atomic mass is 10.1. The van der Waals surface area contributed by atoms with Crippen LogP contribution in [0.25, 0.3) is 0 Å². The van der Waals surface area contributed by atoms with Gasteiger partial charge in [0.1, 0.15) is 11.6 Å². The number of rotatable bonds is 5. The highest BCUT2D eigenvalue weighted by atomic mass is 19.1. The van der Waals surface area contributed by atoms with E-state index in [1.807, 2.05) is 30.3 Å². The van der Waals surface area contributed by atoms with Crippen molar-refractivity contribution in [3.05, 3.63) is 95.3 Å². The van der Waals surface area contributed by atoms with Gasteiger partial charge in [-0.05, 0) is 53.6 Å². The molecule has 1 aliphatic heterocycles. The maximum absolute atomic E-state index is 13.0. The molecule has 4 rings (SSSR count). The fourth-order valence-electron chi connectivity index (χ4n) is 3.19. The predicted octanol–water partition coefficient (Wildman–Crippen LogP) is 3.70. The zero-order valence-electron chi connectivity index (χ0n) is 15.5. The average molecular weight is 390 g/mol. The van der Waals surface area contributed by atoms with Gasteiger partial charge in [-0.1, -0.05) is 30.3 Å². The van der Waals surface area contributed by atoms with Gasteiger partial charge in [-0.2, -0.15) is 0 Å². The summed E-state index contributed by atoms with van der Waals surface area (Å²) in [7, 11) is 0. The Hall–Kier alpha value is -3.67. The van der Waals surface area contributed by atoms with E-state index >= 15 is 0 Å². The summed E-state index contributed by atoms with van der Waals surface area (Å²) in [5.41, 5.74) is 2.82. The molecule has 3 aromatic rings. The maximum atomic E-state index is 13.0. The van der Waals surface area contributed by atoms with Gasteiger partial charge in [0.2, 0.25) is 0 Å². The van der Waals surface area contributed by atoms with Gasteiger partial charge < -0.3 is 15.4 Å². The number of hydrogen-bond acceptors (Lipinski definition) is 3. The Kier molecular flexibility index (Phi) is 5.24. The number of ether oxygens (including phenoxy) is 1. The summed E-state index contributed by atoms with van der Waals surface area (Å²) < 4.78 is 18.7. The molecule has 1 atom stereocenters. The summed E-state index contributed by atoms with van der Waals surface area (Å²) in [6, 6.07) is 20.1. The minimum absolute atomic E-state index is 0.179. The molecule has 5 nitrogen and oxygen atoms in total. The molecule has 0 aromatic heterocycles. The molecule has 0 spiro atoms. The van der Waals surface area contributed by atoms with Crippen molar-refractivity contribution in [3.63, 3.8) is 0 Å². The lowest BCUT2D eigenvalue weighted by Crippen LogP contribution is -2.37. The molecule has 2 amide bonds. The van der Waals surface area contributed by atoms with E-state index in [0.717, 1.165) is 16.9 Å². The van der Waals surface area contributed by atoms with Crippen LogP contribution in [0, 0.1) is 5.82 Å². The summed E-state index contributed by atoms with van der Waals surface area (Å²) in [6.07, 6.45) is 0.0178. The van der Waals surface area contributed by atoms with Gasteiger partial charge in [0.05, 0.1) is 0 Å². The van der Waals surface area contributed by atoms with Crippen molar-refractivity contribution in [1.82, 2.24) is 5.32 Å². The number of nitrogens with one attached hydrogen (secondary N) is 2. The standard InChI is InChI=1S/C23H19FN2O3/c24-18-10-8-16(9-11-18)22(27)26-19-6-3-4-15(12-19)14-25-23(28)21-13-17-5-1-2-7-20(17)29-21/h1-12,21H,13-14H2,(H,25,28)(H,26,27). The van der Waals surface area contributed by atoms with Crippen LogP contribution in [-0.4, -0.2) is 17.9 Å². The number of fused-ring (bicyclic) bond motifs is 1. The molecule has 146 valence electrons. The van der Waals surface area contributed by atoms with Crippen LogP contribution >= 0.6 is 0 Å². The first-order chi connectivity index (χ1) is 14.1. The van der Waals surface area contributed by atoms with Crippen molar-refractivity contribution < 1.29 is 18.7 Å². The van der Waals surface area contributed by atoms with Crippen LogP contribution in [0.3, 0.4) is 0 Å². The van der Waals surface area contributed by atoms with Gasteiger partial charge in [-0.15, -0.1) is 0 Å². The highest BCUT2D eigenvalue weighted by Crippen LogP contribution is 2.28. The molecule has 1 aliphatic rings. The number of benzene rings is 3. The Bertz CT molecular complexity index is 1020. The Morgan fingerprint density at radius 3 is 2.59 bits per heavy atom. The number of halogens is 1. The number of carbonyl (C=O) groups excluding carboxylic acids is 2. The van der Waals surface area contributed by atoms with Crippen LogP contribution in [0.4, 0.5) is 10.1 Å². The molecular formula is C23H19FN2O3. The molecule has 29 heavy (non-hydrogen) atoms. The second kappa shape index (κ2) is 8.14. The van der Waals surface area contributed by atoms with Crippen molar-refractivity contribution in [3.8, 4) is 5.75 Å². The Morgan fingerprint density at radius 1 is 1.00 bits per heavy atom. The largest absolute Gasteiger partial charge is 0.480 e. The van der Waals surface area contributed by atoms with Crippen LogP contribution in [-0.2, 0) is 17.8 Å². The number of anilines is 1. The molecule has 3 aromatic carbocycles. The number of para-hydroxylation sites is 1. The van der Waals surface area contributed by atoms with Gasteiger partial charge in [0.25, 0.3) is 11.8 Å². The first kappa shape index (κ1) is 18.7. The lowest BCUT2D eigenvalue weighted by molar-refractivity contribution is -0.127. The highest BCUT2D eigenvalue weighted by molar-refractivity contribution is 6.04. The van der Waals surface area contributed by atoms with Gasteiger partial charge in [0.15, 0.2) is 6.10 Å². The second-order valence-electron chi connectivity index (χ2n) is 6.80. The maximum Gasteiger partial charge on any atom is 0.261 e. The van der Waals surface area contributed by atoms with Crippen molar-refractivity contribution in [1.29, 1.82) is 0 Å². The molecule has 0 fully saturated rings. The van der Waals surface area contributed by atoms with E-state index in [-0.39, 0.29) is 11.8 Å². The summed E-state index contributed by atoms with van der Waals surface area (Å²) >= 11 is 0. The molecular weight excluding hydrogens is 371 g/mol. The quantitative estimate of drug-likeness (QED) is 0.698. The molecule has 2 N–H and O–H groups in total. The number of carbonyl (C=O) groups is 2. The monoisotopic (exact) mass is 390 g/mol. The van der Waals surface area contributed by atoms with Crippen molar-refractivity contribution >= 4 is 17.5 Å². The highest BCUT2D eigenvalue weighted by Gasteiger charge is 2.28. The third kappa shape index (κ3) is 4.43. The van der Waals surface area contributed by atoms with E-state index in [0.29, 0.717) is 24.2 Å². The average Bonchev–Trinajstić information content (AvgIpc) is 3.17. The summed E-state index contributed by atoms with van der Waals surface area (Å²) in [5.74, 6) is -0.156. The van der Waals surface area contributed by atoms with Crippen molar-refractivity contribution in [2.45, 2.75) is 19.1 Å².